The number of fused-ring (bicyclic) bond motifs is 3. The third kappa shape index (κ3) is 2.14. The zero-order valence-corrected chi connectivity index (χ0v) is 13.2. The smallest absolute Gasteiger partial charge is 0.0850 e. The summed E-state index contributed by atoms with van der Waals surface area (Å²) in [6, 6.07) is 21.6. The van der Waals surface area contributed by atoms with E-state index in [2.05, 4.69) is 76.6 Å². The lowest BCUT2D eigenvalue weighted by molar-refractivity contribution is 1.31. The average Bonchev–Trinajstić information content (AvgIpc) is 3.07. The summed E-state index contributed by atoms with van der Waals surface area (Å²) >= 11 is 1.82. The Bertz CT molecular complexity index is 920. The summed E-state index contributed by atoms with van der Waals surface area (Å²) in [6.45, 7) is 0.804. The molecule has 112 valence electrons. The first kappa shape index (κ1) is 12.9. The minimum atomic E-state index is 0.804. The number of benzene rings is 3. The highest BCUT2D eigenvalue weighted by molar-refractivity contribution is 7.99. The van der Waals surface area contributed by atoms with Crippen LogP contribution in [0.25, 0.3) is 11.1 Å². The summed E-state index contributed by atoms with van der Waals surface area (Å²) in [4.78, 5) is 2.55. The zero-order chi connectivity index (χ0) is 15.2. The molecule has 2 aliphatic rings. The first-order valence-corrected chi connectivity index (χ1v) is 8.49. The molecule has 3 N–H and O–H groups in total. The van der Waals surface area contributed by atoms with Crippen LogP contribution in [-0.2, 0) is 0 Å². The van der Waals surface area contributed by atoms with Gasteiger partial charge in [-0.3, -0.25) is 0 Å². The first-order valence-electron chi connectivity index (χ1n) is 7.67. The van der Waals surface area contributed by atoms with Crippen molar-refractivity contribution < 1.29 is 0 Å². The number of para-hydroxylation sites is 1. The van der Waals surface area contributed by atoms with Gasteiger partial charge in [0.2, 0.25) is 0 Å². The fourth-order valence-electron chi connectivity index (χ4n) is 3.08. The highest BCUT2D eigenvalue weighted by atomic mass is 32.2. The van der Waals surface area contributed by atoms with Gasteiger partial charge in [0.05, 0.1) is 29.4 Å². The Morgan fingerprint density at radius 3 is 2.35 bits per heavy atom. The maximum Gasteiger partial charge on any atom is 0.0850 e. The van der Waals surface area contributed by atoms with Crippen LogP contribution in [0, 0.1) is 0 Å². The van der Waals surface area contributed by atoms with Crippen molar-refractivity contribution in [3.8, 4) is 11.1 Å². The number of rotatable bonds is 1. The summed E-state index contributed by atoms with van der Waals surface area (Å²) in [6.07, 6.45) is 0. The second kappa shape index (κ2) is 4.96. The van der Waals surface area contributed by atoms with Gasteiger partial charge in [0.1, 0.15) is 0 Å². The lowest BCUT2D eigenvalue weighted by Crippen LogP contribution is -1.99. The van der Waals surface area contributed by atoms with Crippen LogP contribution in [0.4, 0.5) is 22.7 Å². The molecular weight excluding hydrogens is 302 g/mol. The van der Waals surface area contributed by atoms with Crippen molar-refractivity contribution in [1.82, 2.24) is 0 Å². The maximum atomic E-state index is 3.55. The van der Waals surface area contributed by atoms with Crippen LogP contribution in [0.15, 0.2) is 70.5 Å². The third-order valence-corrected chi connectivity index (χ3v) is 5.42. The maximum absolute atomic E-state index is 3.55. The number of hydrogen-bond acceptors (Lipinski definition) is 4. The molecule has 0 unspecified atom stereocenters. The molecule has 0 aromatic heterocycles. The molecule has 0 fully saturated rings. The Morgan fingerprint density at radius 2 is 1.39 bits per heavy atom. The van der Waals surface area contributed by atoms with E-state index in [-0.39, 0.29) is 0 Å². The van der Waals surface area contributed by atoms with Gasteiger partial charge in [0, 0.05) is 9.79 Å². The summed E-state index contributed by atoms with van der Waals surface area (Å²) in [5.41, 5.74) is 7.17. The van der Waals surface area contributed by atoms with Crippen molar-refractivity contribution in [1.29, 1.82) is 0 Å². The summed E-state index contributed by atoms with van der Waals surface area (Å²) < 4.78 is 0. The minimum absolute atomic E-state index is 0.804. The van der Waals surface area contributed by atoms with E-state index in [4.69, 9.17) is 0 Å². The molecule has 0 spiro atoms. The Morgan fingerprint density at radius 1 is 0.652 bits per heavy atom. The van der Waals surface area contributed by atoms with Crippen molar-refractivity contribution in [2.75, 3.05) is 22.6 Å². The van der Waals surface area contributed by atoms with Crippen LogP contribution in [-0.4, -0.2) is 6.67 Å². The van der Waals surface area contributed by atoms with Crippen molar-refractivity contribution in [2.45, 2.75) is 9.79 Å². The van der Waals surface area contributed by atoms with Gasteiger partial charge in [-0.15, -0.1) is 0 Å². The van der Waals surface area contributed by atoms with Gasteiger partial charge < -0.3 is 16.0 Å². The topological polar surface area (TPSA) is 36.1 Å². The van der Waals surface area contributed by atoms with Crippen molar-refractivity contribution >= 4 is 34.5 Å². The van der Waals surface area contributed by atoms with Gasteiger partial charge in [0.25, 0.3) is 0 Å². The molecule has 0 atom stereocenters. The third-order valence-electron chi connectivity index (χ3n) is 4.27. The predicted molar refractivity (Wildman–Crippen MR) is 97.8 cm³/mol. The van der Waals surface area contributed by atoms with Crippen LogP contribution in [0.3, 0.4) is 0 Å². The summed E-state index contributed by atoms with van der Waals surface area (Å²) in [5.74, 6) is 0. The van der Waals surface area contributed by atoms with Gasteiger partial charge in [-0.2, -0.15) is 0 Å². The monoisotopic (exact) mass is 317 g/mol. The van der Waals surface area contributed by atoms with Gasteiger partial charge in [-0.25, -0.2) is 0 Å². The fraction of sp³-hybridized carbons (Fsp3) is 0.0526. The zero-order valence-electron chi connectivity index (χ0n) is 12.4. The second-order valence-corrected chi connectivity index (χ2v) is 6.81. The lowest BCUT2D eigenvalue weighted by atomic mass is 10.0. The summed E-state index contributed by atoms with van der Waals surface area (Å²) in [5, 5.41) is 10.2. The molecule has 0 saturated heterocycles. The molecule has 0 aliphatic carbocycles. The predicted octanol–water partition coefficient (Wildman–Crippen LogP) is 5.36. The largest absolute Gasteiger partial charge is 0.366 e. The van der Waals surface area contributed by atoms with E-state index in [9.17, 15) is 0 Å². The highest BCUT2D eigenvalue weighted by Crippen LogP contribution is 2.45. The summed E-state index contributed by atoms with van der Waals surface area (Å²) in [7, 11) is 0. The van der Waals surface area contributed by atoms with Gasteiger partial charge in [0.15, 0.2) is 0 Å². The molecule has 5 rings (SSSR count). The molecule has 3 aromatic carbocycles. The average molecular weight is 317 g/mol. The van der Waals surface area contributed by atoms with E-state index >= 15 is 0 Å². The Kier molecular flexibility index (Phi) is 2.78. The fourth-order valence-corrected chi connectivity index (χ4v) is 4.05. The lowest BCUT2D eigenvalue weighted by Gasteiger charge is -2.21. The van der Waals surface area contributed by atoms with Crippen LogP contribution in [0.5, 0.6) is 0 Å². The van der Waals surface area contributed by atoms with Crippen molar-refractivity contribution in [2.24, 2.45) is 0 Å². The first-order chi connectivity index (χ1) is 11.4. The number of hydrogen-bond donors (Lipinski definition) is 3. The minimum Gasteiger partial charge on any atom is -0.366 e. The van der Waals surface area contributed by atoms with Gasteiger partial charge in [-0.1, -0.05) is 36.0 Å². The van der Waals surface area contributed by atoms with Crippen LogP contribution in [0.2, 0.25) is 0 Å². The molecule has 0 saturated carbocycles. The molecule has 2 aliphatic heterocycles. The quantitative estimate of drug-likeness (QED) is 0.442. The Labute approximate surface area is 139 Å². The molecule has 0 bridgehead atoms. The normalized spacial score (nSPS) is 13.9. The Balaban J connectivity index is 1.55. The SMILES string of the molecule is c1ccc2c(c1)Nc1cc(-c3ccc4c(c3)NCN4)ccc1S2. The molecule has 2 heterocycles. The van der Waals surface area contributed by atoms with Crippen LogP contribution in [0.1, 0.15) is 0 Å². The molecule has 3 aromatic rings. The van der Waals surface area contributed by atoms with Crippen LogP contribution < -0.4 is 16.0 Å². The van der Waals surface area contributed by atoms with Crippen molar-refractivity contribution in [3.63, 3.8) is 0 Å². The van der Waals surface area contributed by atoms with E-state index in [0.717, 1.165) is 6.67 Å². The van der Waals surface area contributed by atoms with E-state index in [1.165, 1.54) is 43.7 Å². The standard InChI is InChI=1S/C19H15N3S/c1-2-4-18-15(3-1)22-17-10-13(6-8-19(17)23-18)12-5-7-14-16(9-12)21-11-20-14/h1-10,20-22H,11H2. The molecule has 0 radical (unpaired) electrons. The van der Waals surface area contributed by atoms with E-state index in [1.54, 1.807) is 0 Å². The van der Waals surface area contributed by atoms with Gasteiger partial charge in [-0.05, 0) is 47.5 Å². The second-order valence-electron chi connectivity index (χ2n) is 5.72. The highest BCUT2D eigenvalue weighted by Gasteiger charge is 2.16. The van der Waals surface area contributed by atoms with E-state index in [0.29, 0.717) is 0 Å². The van der Waals surface area contributed by atoms with E-state index < -0.39 is 0 Å². The number of nitrogens with one attached hydrogen (secondary N) is 3. The molecular formula is C19H15N3S. The Hall–Kier alpha value is -2.59. The molecule has 3 nitrogen and oxygen atoms in total. The molecule has 23 heavy (non-hydrogen) atoms. The van der Waals surface area contributed by atoms with E-state index in [1.807, 2.05) is 11.8 Å². The van der Waals surface area contributed by atoms with Crippen molar-refractivity contribution in [3.05, 3.63) is 60.7 Å². The molecule has 4 heteroatoms. The van der Waals surface area contributed by atoms with Gasteiger partial charge >= 0.3 is 0 Å². The van der Waals surface area contributed by atoms with Crippen LogP contribution >= 0.6 is 11.8 Å². The molecule has 0 amide bonds. The number of anilines is 4.